The van der Waals surface area contributed by atoms with Crippen LogP contribution in [0.1, 0.15) is 56.5 Å². The number of carboxylic acid groups (broad SMARTS) is 1. The number of nitrogens with one attached hydrogen (secondary N) is 1. The van der Waals surface area contributed by atoms with Gasteiger partial charge in [0.15, 0.2) is 0 Å². The minimum atomic E-state index is -1.11. The standard InChI is InChI=1S/C34H45FN6O6/c1-17-25-13-21(34(25,3)4)14-27(17)38-32(43)30-29(18(2)42)28(15-37-39-36)47-41(30)16-24-26(35)9-8-23(31(24)46-7)19-10-20(33(44)45)12-22(11-19)40(5)6/h8-12,17-18,21,25,27-30,42H,13-16H2,1-7H3,(H,38,43)(H,44,45)/t17-,18-,21-,25-,27-,28-,29+,30-/m0/s1. The van der Waals surface area contributed by atoms with Gasteiger partial charge in [0, 0.05) is 47.8 Å². The van der Waals surface area contributed by atoms with E-state index in [1.807, 2.05) is 0 Å². The minimum Gasteiger partial charge on any atom is -0.496 e. The number of aromatic carboxylic acids is 1. The van der Waals surface area contributed by atoms with Gasteiger partial charge < -0.3 is 25.2 Å². The highest BCUT2D eigenvalue weighted by Gasteiger charge is 2.57. The van der Waals surface area contributed by atoms with Crippen LogP contribution in [0.5, 0.6) is 5.75 Å². The predicted octanol–water partition coefficient (Wildman–Crippen LogP) is 5.24. The molecule has 47 heavy (non-hydrogen) atoms. The van der Waals surface area contributed by atoms with Crippen molar-refractivity contribution in [3.63, 3.8) is 0 Å². The number of aliphatic hydroxyl groups excluding tert-OH is 1. The van der Waals surface area contributed by atoms with Crippen LogP contribution in [-0.4, -0.2) is 79.2 Å². The van der Waals surface area contributed by atoms with Crippen LogP contribution in [0.4, 0.5) is 10.1 Å². The third-order valence-corrected chi connectivity index (χ3v) is 10.9. The van der Waals surface area contributed by atoms with E-state index < -0.39 is 36.0 Å². The first-order chi connectivity index (χ1) is 22.2. The fraction of sp³-hybridized carbons (Fsp3) is 0.588. The van der Waals surface area contributed by atoms with E-state index in [9.17, 15) is 19.8 Å². The molecule has 0 spiro atoms. The quantitative estimate of drug-likeness (QED) is 0.169. The number of aliphatic hydroxyl groups is 1. The Morgan fingerprint density at radius 3 is 2.57 bits per heavy atom. The highest BCUT2D eigenvalue weighted by molar-refractivity contribution is 5.92. The molecule has 8 atom stereocenters. The second-order valence-corrected chi connectivity index (χ2v) is 14.0. The lowest BCUT2D eigenvalue weighted by atomic mass is 9.45. The molecule has 0 radical (unpaired) electrons. The zero-order valence-corrected chi connectivity index (χ0v) is 28.0. The van der Waals surface area contributed by atoms with Gasteiger partial charge in [0.1, 0.15) is 17.6 Å². The molecule has 0 unspecified atom stereocenters. The zero-order valence-electron chi connectivity index (χ0n) is 28.0. The molecule has 3 N–H and O–H groups in total. The summed E-state index contributed by atoms with van der Waals surface area (Å²) in [5.41, 5.74) is 11.0. The van der Waals surface area contributed by atoms with Crippen LogP contribution in [0.3, 0.4) is 0 Å². The van der Waals surface area contributed by atoms with Gasteiger partial charge in [0.25, 0.3) is 0 Å². The number of hydrogen-bond donors (Lipinski definition) is 3. The number of anilines is 1. The third kappa shape index (κ3) is 6.37. The number of hydrogen-bond acceptors (Lipinski definition) is 8. The fourth-order valence-electron chi connectivity index (χ4n) is 8.12. The second kappa shape index (κ2) is 13.3. The molecule has 2 aromatic carbocycles. The van der Waals surface area contributed by atoms with Gasteiger partial charge in [-0.1, -0.05) is 25.9 Å². The van der Waals surface area contributed by atoms with E-state index in [1.165, 1.54) is 30.4 Å². The number of amides is 1. The normalized spacial score (nSPS) is 28.5. The van der Waals surface area contributed by atoms with Crippen LogP contribution < -0.4 is 15.0 Å². The molecule has 1 saturated heterocycles. The molecule has 4 fully saturated rings. The highest BCUT2D eigenvalue weighted by Crippen LogP contribution is 2.61. The Labute approximate surface area is 274 Å². The largest absolute Gasteiger partial charge is 0.496 e. The second-order valence-electron chi connectivity index (χ2n) is 14.0. The van der Waals surface area contributed by atoms with Crippen molar-refractivity contribution in [3.8, 4) is 16.9 Å². The zero-order chi connectivity index (χ0) is 34.4. The number of methoxy groups -OCH3 is 1. The van der Waals surface area contributed by atoms with Crippen LogP contribution in [0.2, 0.25) is 0 Å². The smallest absolute Gasteiger partial charge is 0.335 e. The number of carbonyl (C=O) groups is 2. The summed E-state index contributed by atoms with van der Waals surface area (Å²) in [6, 6.07) is 6.52. The summed E-state index contributed by atoms with van der Waals surface area (Å²) < 4.78 is 21.5. The van der Waals surface area contributed by atoms with Gasteiger partial charge in [-0.2, -0.15) is 5.06 Å². The van der Waals surface area contributed by atoms with E-state index in [-0.39, 0.29) is 53.2 Å². The molecular formula is C34H45FN6O6. The highest BCUT2D eigenvalue weighted by atomic mass is 19.1. The molecule has 6 rings (SSSR count). The average Bonchev–Trinajstić information content (AvgIpc) is 3.39. The maximum atomic E-state index is 15.7. The third-order valence-electron chi connectivity index (χ3n) is 10.9. The molecule has 254 valence electrons. The first kappa shape index (κ1) is 34.4. The Balaban J connectivity index is 1.52. The Hall–Kier alpha value is -3.90. The van der Waals surface area contributed by atoms with Crippen molar-refractivity contribution < 1.29 is 33.8 Å². The number of benzene rings is 2. The van der Waals surface area contributed by atoms with E-state index >= 15 is 4.39 Å². The van der Waals surface area contributed by atoms with E-state index in [4.69, 9.17) is 15.1 Å². The van der Waals surface area contributed by atoms with Gasteiger partial charge >= 0.3 is 5.97 Å². The van der Waals surface area contributed by atoms with Gasteiger partial charge in [0.05, 0.1) is 38.0 Å². The van der Waals surface area contributed by atoms with Crippen molar-refractivity contribution in [2.45, 2.75) is 71.4 Å². The molecule has 1 aliphatic heterocycles. The number of hydroxylamine groups is 2. The van der Waals surface area contributed by atoms with Gasteiger partial charge in [-0.25, -0.2) is 9.18 Å². The molecular weight excluding hydrogens is 607 g/mol. The molecule has 3 saturated carbocycles. The Morgan fingerprint density at radius 1 is 1.28 bits per heavy atom. The summed E-state index contributed by atoms with van der Waals surface area (Å²) in [7, 11) is 4.97. The summed E-state index contributed by atoms with van der Waals surface area (Å²) in [5.74, 6) is -1.47. The number of ether oxygens (including phenoxy) is 1. The maximum absolute atomic E-state index is 15.7. The lowest BCUT2D eigenvalue weighted by Gasteiger charge is -2.62. The summed E-state index contributed by atoms with van der Waals surface area (Å²) in [6.07, 6.45) is 0.127. The lowest BCUT2D eigenvalue weighted by Crippen LogP contribution is -2.62. The van der Waals surface area contributed by atoms with Gasteiger partial charge in [-0.05, 0) is 84.4 Å². The number of fused-ring (bicyclic) bond motifs is 2. The number of azide groups is 1. The van der Waals surface area contributed by atoms with Crippen LogP contribution in [0, 0.1) is 34.9 Å². The molecule has 13 heteroatoms. The molecule has 4 aliphatic rings. The SMILES string of the molecule is COc1c(-c2cc(C(=O)O)cc(N(C)C)c2)ccc(F)c1CN1O[C@@H](CN=[N+]=[N-])[C@@H]([C@H](C)O)[C@H]1C(=O)N[C@H]1C[C@@H]2C[C@@H]([C@@H]1C)C2(C)C. The van der Waals surface area contributed by atoms with Crippen molar-refractivity contribution in [3.05, 3.63) is 57.7 Å². The number of halogens is 1. The summed E-state index contributed by atoms with van der Waals surface area (Å²) in [4.78, 5) is 36.9. The molecule has 1 heterocycles. The molecule has 1 amide bonds. The first-order valence-corrected chi connectivity index (χ1v) is 16.0. The van der Waals surface area contributed by atoms with E-state index in [2.05, 4.69) is 36.1 Å². The van der Waals surface area contributed by atoms with Crippen molar-refractivity contribution in [2.75, 3.05) is 32.6 Å². The van der Waals surface area contributed by atoms with Crippen LogP contribution in [-0.2, 0) is 16.2 Å². The van der Waals surface area contributed by atoms with Crippen LogP contribution in [0.15, 0.2) is 35.4 Å². The van der Waals surface area contributed by atoms with E-state index in [0.717, 1.165) is 12.8 Å². The molecule has 12 nitrogen and oxygen atoms in total. The van der Waals surface area contributed by atoms with Crippen molar-refractivity contribution >= 4 is 17.6 Å². The number of rotatable bonds is 11. The van der Waals surface area contributed by atoms with Crippen molar-refractivity contribution in [1.82, 2.24) is 10.4 Å². The minimum absolute atomic E-state index is 0.0531. The predicted molar refractivity (Wildman–Crippen MR) is 174 cm³/mol. The topological polar surface area (TPSA) is 160 Å². The van der Waals surface area contributed by atoms with Gasteiger partial charge in [-0.3, -0.25) is 9.63 Å². The van der Waals surface area contributed by atoms with Crippen LogP contribution in [0.25, 0.3) is 21.6 Å². The van der Waals surface area contributed by atoms with Gasteiger partial charge in [0.2, 0.25) is 5.91 Å². The molecule has 3 aliphatic carbocycles. The average molecular weight is 653 g/mol. The van der Waals surface area contributed by atoms with Gasteiger partial charge in [-0.15, -0.1) is 0 Å². The summed E-state index contributed by atoms with van der Waals surface area (Å²) in [5, 5.41) is 28.9. The Kier molecular flexibility index (Phi) is 9.75. The van der Waals surface area contributed by atoms with Crippen molar-refractivity contribution in [2.24, 2.45) is 34.2 Å². The number of carbonyl (C=O) groups excluding carboxylic acids is 1. The molecule has 0 aromatic heterocycles. The summed E-state index contributed by atoms with van der Waals surface area (Å²) >= 11 is 0. The lowest BCUT2D eigenvalue weighted by molar-refractivity contribution is -0.176. The Morgan fingerprint density at radius 2 is 2.00 bits per heavy atom. The van der Waals surface area contributed by atoms with Crippen molar-refractivity contribution in [1.29, 1.82) is 0 Å². The Bertz CT molecular complexity index is 1580. The monoisotopic (exact) mass is 652 g/mol. The first-order valence-electron chi connectivity index (χ1n) is 16.0. The van der Waals surface area contributed by atoms with E-state index in [1.54, 1.807) is 38.1 Å². The number of nitrogens with zero attached hydrogens (tertiary/aromatic N) is 5. The summed E-state index contributed by atoms with van der Waals surface area (Å²) in [6.45, 7) is 7.91. The van der Waals surface area contributed by atoms with Crippen LogP contribution >= 0.6 is 0 Å². The fourth-order valence-corrected chi connectivity index (χ4v) is 8.12. The molecule has 2 bridgehead atoms. The maximum Gasteiger partial charge on any atom is 0.335 e. The molecule has 2 aromatic rings. The van der Waals surface area contributed by atoms with E-state index in [0.29, 0.717) is 28.7 Å². The number of carboxylic acids is 1.